The number of benzene rings is 1. The smallest absolute Gasteiger partial charge is 0.124 e. The van der Waals surface area contributed by atoms with E-state index < -0.39 is 0 Å². The van der Waals surface area contributed by atoms with Crippen LogP contribution in [0.5, 0.6) is 0 Å². The first-order valence-corrected chi connectivity index (χ1v) is 6.84. The Hall–Kier alpha value is -0.620. The van der Waals surface area contributed by atoms with E-state index in [-0.39, 0.29) is 5.82 Å². The minimum Gasteiger partial charge on any atom is -0.379 e. The van der Waals surface area contributed by atoms with E-state index in [1.807, 2.05) is 0 Å². The molecule has 0 fully saturated rings. The van der Waals surface area contributed by atoms with Crippen LogP contribution in [0.4, 0.5) is 10.1 Å². The lowest BCUT2D eigenvalue weighted by Crippen LogP contribution is -2.00. The second kappa shape index (κ2) is 5.14. The molecule has 0 aliphatic rings. The number of hydrogen-bond acceptors (Lipinski definition) is 2. The molecule has 84 valence electrons. The molecule has 0 amide bonds. The molecule has 2 aromatic rings. The van der Waals surface area contributed by atoms with E-state index in [9.17, 15) is 4.39 Å². The quantitative estimate of drug-likeness (QED) is 0.811. The summed E-state index contributed by atoms with van der Waals surface area (Å²) in [5.74, 6) is -0.192. The Morgan fingerprint density at radius 3 is 2.81 bits per heavy atom. The molecule has 0 saturated carbocycles. The van der Waals surface area contributed by atoms with Gasteiger partial charge in [0.05, 0.1) is 0 Å². The van der Waals surface area contributed by atoms with Crippen LogP contribution in [0.1, 0.15) is 10.4 Å². The van der Waals surface area contributed by atoms with Gasteiger partial charge in [0.2, 0.25) is 0 Å². The van der Waals surface area contributed by atoms with Crippen LogP contribution in [-0.2, 0) is 6.54 Å². The van der Waals surface area contributed by atoms with Crippen molar-refractivity contribution in [3.8, 4) is 0 Å². The summed E-state index contributed by atoms with van der Waals surface area (Å²) >= 11 is 3.88. The van der Waals surface area contributed by atoms with Crippen molar-refractivity contribution in [2.75, 3.05) is 5.32 Å². The van der Waals surface area contributed by atoms with Gasteiger partial charge in [-0.05, 0) is 64.7 Å². The summed E-state index contributed by atoms with van der Waals surface area (Å²) in [6.07, 6.45) is 0. The summed E-state index contributed by atoms with van der Waals surface area (Å²) in [6, 6.07) is 6.90. The fourth-order valence-corrected chi connectivity index (χ4v) is 2.91. The molecule has 1 aromatic heterocycles. The van der Waals surface area contributed by atoms with Crippen LogP contribution in [0, 0.1) is 16.3 Å². The topological polar surface area (TPSA) is 12.0 Å². The Bertz CT molecular complexity index is 496. The second-order valence-corrected chi connectivity index (χ2v) is 5.67. The van der Waals surface area contributed by atoms with Gasteiger partial charge in [0.1, 0.15) is 5.82 Å². The largest absolute Gasteiger partial charge is 0.379 e. The summed E-state index contributed by atoms with van der Waals surface area (Å²) in [7, 11) is 0. The van der Waals surface area contributed by atoms with Crippen molar-refractivity contribution in [3.05, 3.63) is 49.5 Å². The first-order chi connectivity index (χ1) is 7.66. The highest BCUT2D eigenvalue weighted by Gasteiger charge is 2.03. The van der Waals surface area contributed by atoms with Crippen molar-refractivity contribution in [1.82, 2.24) is 0 Å². The predicted octanol–water partition coefficient (Wildman–Crippen LogP) is 4.41. The molecular formula is C12H11FINS. The highest BCUT2D eigenvalue weighted by molar-refractivity contribution is 14.1. The first-order valence-electron chi connectivity index (χ1n) is 4.88. The first kappa shape index (κ1) is 11.9. The summed E-state index contributed by atoms with van der Waals surface area (Å²) in [5.41, 5.74) is 2.28. The third kappa shape index (κ3) is 2.74. The normalized spacial score (nSPS) is 10.4. The molecule has 1 heterocycles. The van der Waals surface area contributed by atoms with Gasteiger partial charge in [-0.2, -0.15) is 0 Å². The van der Waals surface area contributed by atoms with Crippen molar-refractivity contribution in [1.29, 1.82) is 0 Å². The van der Waals surface area contributed by atoms with E-state index in [1.54, 1.807) is 17.4 Å². The number of hydrogen-bond donors (Lipinski definition) is 1. The molecule has 2 rings (SSSR count). The van der Waals surface area contributed by atoms with Crippen LogP contribution in [0.25, 0.3) is 0 Å². The minimum atomic E-state index is -0.192. The molecular weight excluding hydrogens is 336 g/mol. The van der Waals surface area contributed by atoms with Crippen LogP contribution in [0.3, 0.4) is 0 Å². The van der Waals surface area contributed by atoms with Crippen molar-refractivity contribution in [2.45, 2.75) is 13.5 Å². The van der Waals surface area contributed by atoms with Gasteiger partial charge >= 0.3 is 0 Å². The van der Waals surface area contributed by atoms with Crippen LogP contribution in [0.2, 0.25) is 0 Å². The number of aryl methyl sites for hydroxylation is 1. The summed E-state index contributed by atoms with van der Waals surface area (Å²) in [6.45, 7) is 2.90. The molecule has 1 nitrogen and oxygen atoms in total. The van der Waals surface area contributed by atoms with Gasteiger partial charge in [-0.25, -0.2) is 4.39 Å². The molecule has 4 heteroatoms. The summed E-state index contributed by atoms with van der Waals surface area (Å²) < 4.78 is 13.8. The number of rotatable bonds is 3. The zero-order valence-electron chi connectivity index (χ0n) is 8.76. The predicted molar refractivity (Wildman–Crippen MR) is 75.5 cm³/mol. The Kier molecular flexibility index (Phi) is 3.81. The SMILES string of the molecule is Cc1ccsc1CNc1ccc(F)cc1I. The Labute approximate surface area is 112 Å². The van der Waals surface area contributed by atoms with E-state index in [0.29, 0.717) is 0 Å². The zero-order valence-corrected chi connectivity index (χ0v) is 11.7. The average Bonchev–Trinajstić information content (AvgIpc) is 2.63. The van der Waals surface area contributed by atoms with Crippen molar-refractivity contribution >= 4 is 39.6 Å². The zero-order chi connectivity index (χ0) is 11.5. The fourth-order valence-electron chi connectivity index (χ4n) is 1.39. The van der Waals surface area contributed by atoms with Crippen LogP contribution < -0.4 is 5.32 Å². The summed E-state index contributed by atoms with van der Waals surface area (Å²) in [4.78, 5) is 1.32. The molecule has 0 bridgehead atoms. The van der Waals surface area contributed by atoms with Gasteiger partial charge in [0.25, 0.3) is 0 Å². The Balaban J connectivity index is 2.08. The number of nitrogens with one attached hydrogen (secondary N) is 1. The fraction of sp³-hybridized carbons (Fsp3) is 0.167. The Morgan fingerprint density at radius 2 is 2.19 bits per heavy atom. The van der Waals surface area contributed by atoms with Crippen LogP contribution >= 0.6 is 33.9 Å². The minimum absolute atomic E-state index is 0.192. The van der Waals surface area contributed by atoms with E-state index in [1.165, 1.54) is 22.6 Å². The van der Waals surface area contributed by atoms with Gasteiger partial charge in [-0.1, -0.05) is 0 Å². The number of thiophene rings is 1. The molecule has 0 aliphatic heterocycles. The van der Waals surface area contributed by atoms with Gasteiger partial charge in [0, 0.05) is 20.7 Å². The third-order valence-electron chi connectivity index (χ3n) is 2.34. The van der Waals surface area contributed by atoms with E-state index in [2.05, 4.69) is 46.3 Å². The molecule has 16 heavy (non-hydrogen) atoms. The van der Waals surface area contributed by atoms with Gasteiger partial charge in [-0.15, -0.1) is 11.3 Å². The Morgan fingerprint density at radius 1 is 1.38 bits per heavy atom. The molecule has 0 radical (unpaired) electrons. The van der Waals surface area contributed by atoms with Crippen molar-refractivity contribution in [2.24, 2.45) is 0 Å². The molecule has 0 spiro atoms. The molecule has 0 unspecified atom stereocenters. The highest BCUT2D eigenvalue weighted by atomic mass is 127. The third-order valence-corrected chi connectivity index (χ3v) is 4.25. The van der Waals surface area contributed by atoms with E-state index >= 15 is 0 Å². The van der Waals surface area contributed by atoms with Crippen molar-refractivity contribution < 1.29 is 4.39 Å². The highest BCUT2D eigenvalue weighted by Crippen LogP contribution is 2.22. The van der Waals surface area contributed by atoms with Crippen LogP contribution in [0.15, 0.2) is 29.6 Å². The monoisotopic (exact) mass is 347 g/mol. The van der Waals surface area contributed by atoms with Crippen LogP contribution in [-0.4, -0.2) is 0 Å². The van der Waals surface area contributed by atoms with Crippen molar-refractivity contribution in [3.63, 3.8) is 0 Å². The average molecular weight is 347 g/mol. The number of anilines is 1. The van der Waals surface area contributed by atoms with Gasteiger partial charge in [0.15, 0.2) is 0 Å². The number of halogens is 2. The molecule has 1 aromatic carbocycles. The lowest BCUT2D eigenvalue weighted by atomic mass is 10.2. The molecule has 0 aliphatic carbocycles. The lowest BCUT2D eigenvalue weighted by Gasteiger charge is -2.08. The molecule has 0 saturated heterocycles. The van der Waals surface area contributed by atoms with Gasteiger partial charge in [-0.3, -0.25) is 0 Å². The standard InChI is InChI=1S/C12H11FINS/c1-8-4-5-16-12(8)7-15-11-3-2-9(13)6-10(11)14/h2-6,15H,7H2,1H3. The molecule has 0 atom stereocenters. The van der Waals surface area contributed by atoms with E-state index in [4.69, 9.17) is 0 Å². The maximum Gasteiger partial charge on any atom is 0.124 e. The lowest BCUT2D eigenvalue weighted by molar-refractivity contribution is 0.627. The van der Waals surface area contributed by atoms with Gasteiger partial charge < -0.3 is 5.32 Å². The van der Waals surface area contributed by atoms with E-state index in [0.717, 1.165) is 15.8 Å². The maximum atomic E-state index is 12.9. The maximum absolute atomic E-state index is 12.9. The summed E-state index contributed by atoms with van der Waals surface area (Å²) in [5, 5.41) is 5.40. The molecule has 1 N–H and O–H groups in total. The second-order valence-electron chi connectivity index (χ2n) is 3.50.